The first kappa shape index (κ1) is 15.1. The average Bonchev–Trinajstić information content (AvgIpc) is 2.19. The van der Waals surface area contributed by atoms with Crippen molar-refractivity contribution in [1.82, 2.24) is 0 Å². The summed E-state index contributed by atoms with van der Waals surface area (Å²) in [5, 5.41) is 8.97. The molecule has 0 aromatic heterocycles. The van der Waals surface area contributed by atoms with Crippen molar-refractivity contribution in [1.29, 1.82) is 0 Å². The third kappa shape index (κ3) is 4.06. The fourth-order valence-electron chi connectivity index (χ4n) is 1.78. The molecule has 0 bridgehead atoms. The van der Waals surface area contributed by atoms with Crippen LogP contribution < -0.4 is 0 Å². The van der Waals surface area contributed by atoms with Crippen LogP contribution in [0.4, 0.5) is 0 Å². The van der Waals surface area contributed by atoms with Crippen LogP contribution >= 0.6 is 0 Å². The van der Waals surface area contributed by atoms with Crippen LogP contribution in [0.15, 0.2) is 23.1 Å². The molecule has 0 unspecified atom stereocenters. The maximum absolute atomic E-state index is 11.0. The molecule has 0 amide bonds. The first-order chi connectivity index (χ1) is 8.15. The van der Waals surface area contributed by atoms with Crippen molar-refractivity contribution >= 4 is 10.1 Å². The molecule has 102 valence electrons. The van der Waals surface area contributed by atoms with Crippen LogP contribution in [-0.4, -0.2) is 49.8 Å². The zero-order valence-electron chi connectivity index (χ0n) is 10.9. The molecule has 0 saturated heterocycles. The monoisotopic (exact) mass is 273 g/mol. The van der Waals surface area contributed by atoms with E-state index in [1.807, 2.05) is 21.0 Å². The van der Waals surface area contributed by atoms with Crippen molar-refractivity contribution in [3.05, 3.63) is 29.3 Å². The van der Waals surface area contributed by atoms with Crippen LogP contribution in [0.5, 0.6) is 0 Å². The maximum atomic E-state index is 11.0. The minimum Gasteiger partial charge on any atom is -0.744 e. The van der Waals surface area contributed by atoms with Crippen molar-refractivity contribution < 1.29 is 22.6 Å². The van der Waals surface area contributed by atoms with Crippen molar-refractivity contribution in [2.45, 2.75) is 18.4 Å². The molecule has 1 aromatic carbocycles. The number of likely N-dealkylation sites (N-methyl/N-ethyl adjacent to an activating group) is 1. The number of quaternary nitrogens is 1. The van der Waals surface area contributed by atoms with Crippen molar-refractivity contribution in [3.63, 3.8) is 0 Å². The fraction of sp³-hybridized carbons (Fsp3) is 0.500. The predicted octanol–water partition coefficient (Wildman–Crippen LogP) is 0.468. The Hall–Kier alpha value is -0.950. The Morgan fingerprint density at radius 3 is 2.44 bits per heavy atom. The summed E-state index contributed by atoms with van der Waals surface area (Å²) >= 11 is 0. The summed E-state index contributed by atoms with van der Waals surface area (Å²) in [4.78, 5) is -0.202. The highest BCUT2D eigenvalue weighted by Crippen LogP contribution is 2.18. The van der Waals surface area contributed by atoms with Crippen molar-refractivity contribution in [2.24, 2.45) is 0 Å². The number of aliphatic hydroxyl groups is 1. The van der Waals surface area contributed by atoms with E-state index in [9.17, 15) is 13.0 Å². The minimum absolute atomic E-state index is 0.0611. The van der Waals surface area contributed by atoms with Crippen LogP contribution in [-0.2, 0) is 16.7 Å². The van der Waals surface area contributed by atoms with Gasteiger partial charge in [-0.25, -0.2) is 8.42 Å². The summed E-state index contributed by atoms with van der Waals surface area (Å²) in [7, 11) is -0.539. The SMILES string of the molecule is Cc1ccc(S(=O)(=O)[O-])cc1C[N+](C)(C)CCO. The van der Waals surface area contributed by atoms with E-state index < -0.39 is 10.1 Å². The first-order valence-corrected chi connectivity index (χ1v) is 7.05. The summed E-state index contributed by atoms with van der Waals surface area (Å²) in [5.74, 6) is 0. The quantitative estimate of drug-likeness (QED) is 0.625. The average molecular weight is 273 g/mol. The minimum atomic E-state index is -4.42. The molecule has 0 fully saturated rings. The van der Waals surface area contributed by atoms with Gasteiger partial charge in [0.05, 0.1) is 25.6 Å². The fourth-order valence-corrected chi connectivity index (χ4v) is 2.31. The molecule has 18 heavy (non-hydrogen) atoms. The lowest BCUT2D eigenvalue weighted by Crippen LogP contribution is -2.41. The second-order valence-corrected chi connectivity index (χ2v) is 6.46. The van der Waals surface area contributed by atoms with Gasteiger partial charge in [-0.15, -0.1) is 0 Å². The molecule has 1 N–H and O–H groups in total. The lowest BCUT2D eigenvalue weighted by atomic mass is 10.1. The highest BCUT2D eigenvalue weighted by molar-refractivity contribution is 7.85. The van der Waals surface area contributed by atoms with E-state index in [0.29, 0.717) is 17.6 Å². The number of benzene rings is 1. The highest BCUT2D eigenvalue weighted by Gasteiger charge is 2.17. The summed E-state index contributed by atoms with van der Waals surface area (Å²) in [6.45, 7) is 3.06. The predicted molar refractivity (Wildman–Crippen MR) is 66.9 cm³/mol. The van der Waals surface area contributed by atoms with Crippen LogP contribution in [0, 0.1) is 6.92 Å². The van der Waals surface area contributed by atoms with Gasteiger partial charge in [-0.3, -0.25) is 0 Å². The maximum Gasteiger partial charge on any atom is 0.124 e. The van der Waals surface area contributed by atoms with E-state index in [-0.39, 0.29) is 11.5 Å². The van der Waals surface area contributed by atoms with Gasteiger partial charge in [-0.2, -0.15) is 0 Å². The Kier molecular flexibility index (Phi) is 4.50. The molecule has 0 saturated carbocycles. The van der Waals surface area contributed by atoms with E-state index in [0.717, 1.165) is 11.1 Å². The van der Waals surface area contributed by atoms with Gasteiger partial charge < -0.3 is 14.1 Å². The second kappa shape index (κ2) is 5.36. The Morgan fingerprint density at radius 1 is 1.33 bits per heavy atom. The Labute approximate surface area is 108 Å². The van der Waals surface area contributed by atoms with Crippen molar-refractivity contribution in [2.75, 3.05) is 27.2 Å². The summed E-state index contributed by atoms with van der Waals surface area (Å²) < 4.78 is 33.5. The van der Waals surface area contributed by atoms with E-state index in [1.165, 1.54) is 12.1 Å². The molecule has 6 heteroatoms. The van der Waals surface area contributed by atoms with Crippen LogP contribution in [0.1, 0.15) is 11.1 Å². The molecule has 0 atom stereocenters. The van der Waals surface area contributed by atoms with Crippen LogP contribution in [0.3, 0.4) is 0 Å². The van der Waals surface area contributed by atoms with Gasteiger partial charge in [-0.05, 0) is 24.6 Å². The lowest BCUT2D eigenvalue weighted by Gasteiger charge is -2.29. The van der Waals surface area contributed by atoms with Gasteiger partial charge >= 0.3 is 0 Å². The number of aliphatic hydroxyl groups excluding tert-OH is 1. The van der Waals surface area contributed by atoms with E-state index in [1.54, 1.807) is 6.07 Å². The molecule has 0 aliphatic rings. The number of rotatable bonds is 5. The van der Waals surface area contributed by atoms with Crippen LogP contribution in [0.2, 0.25) is 0 Å². The number of hydrogen-bond donors (Lipinski definition) is 1. The summed E-state index contributed by atoms with van der Waals surface area (Å²) in [6, 6.07) is 4.39. The molecule has 5 nitrogen and oxygen atoms in total. The van der Waals surface area contributed by atoms with Gasteiger partial charge in [-0.1, -0.05) is 6.07 Å². The third-order valence-corrected chi connectivity index (χ3v) is 3.74. The molecule has 0 heterocycles. The number of nitrogens with zero attached hydrogens (tertiary/aromatic N) is 1. The normalized spacial score (nSPS) is 12.7. The smallest absolute Gasteiger partial charge is 0.124 e. The standard InChI is InChI=1S/C12H19NO4S/c1-10-4-5-12(18(15,16)17)8-11(10)9-13(2,3)6-7-14/h4-5,8,14H,6-7,9H2,1-3H3. The van der Waals surface area contributed by atoms with Crippen molar-refractivity contribution in [3.8, 4) is 0 Å². The molecule has 1 rings (SSSR count). The third-order valence-electron chi connectivity index (χ3n) is 2.91. The lowest BCUT2D eigenvalue weighted by molar-refractivity contribution is -0.903. The second-order valence-electron chi connectivity index (χ2n) is 5.08. The van der Waals surface area contributed by atoms with Crippen LogP contribution in [0.25, 0.3) is 0 Å². The van der Waals surface area contributed by atoms with Gasteiger partial charge in [0.15, 0.2) is 0 Å². The van der Waals surface area contributed by atoms with Gasteiger partial charge in [0, 0.05) is 5.56 Å². The number of hydrogen-bond acceptors (Lipinski definition) is 4. The van der Waals surface area contributed by atoms with E-state index >= 15 is 0 Å². The van der Waals surface area contributed by atoms with E-state index in [2.05, 4.69) is 0 Å². The Morgan fingerprint density at radius 2 is 1.94 bits per heavy atom. The highest BCUT2D eigenvalue weighted by atomic mass is 32.2. The molecule has 0 aliphatic carbocycles. The Balaban J connectivity index is 3.10. The molecular weight excluding hydrogens is 254 g/mol. The zero-order chi connectivity index (χ0) is 14.0. The molecule has 0 radical (unpaired) electrons. The summed E-state index contributed by atoms with van der Waals surface area (Å²) in [6.07, 6.45) is 0. The molecule has 1 aromatic rings. The van der Waals surface area contributed by atoms with E-state index in [4.69, 9.17) is 5.11 Å². The summed E-state index contributed by atoms with van der Waals surface area (Å²) in [5.41, 5.74) is 1.75. The van der Waals surface area contributed by atoms with Gasteiger partial charge in [0.1, 0.15) is 23.2 Å². The first-order valence-electron chi connectivity index (χ1n) is 5.64. The topological polar surface area (TPSA) is 77.4 Å². The molecule has 0 aliphatic heterocycles. The molecule has 0 spiro atoms. The zero-order valence-corrected chi connectivity index (χ0v) is 11.7. The van der Waals surface area contributed by atoms with Gasteiger partial charge in [0.25, 0.3) is 0 Å². The Bertz CT molecular complexity index is 523. The van der Waals surface area contributed by atoms with Gasteiger partial charge in [0.2, 0.25) is 0 Å². The number of aryl methyl sites for hydroxylation is 1. The largest absolute Gasteiger partial charge is 0.744 e. The molecular formula is C12H19NO4S.